The lowest BCUT2D eigenvalue weighted by Gasteiger charge is -2.58. The van der Waals surface area contributed by atoms with E-state index < -0.39 is 98.4 Å². The second kappa shape index (κ2) is 17.7. The van der Waals surface area contributed by atoms with Crippen LogP contribution in [0.2, 0.25) is 0 Å². The van der Waals surface area contributed by atoms with E-state index in [1.54, 1.807) is 0 Å². The molecule has 17 nitrogen and oxygen atoms in total. The predicted octanol–water partition coefficient (Wildman–Crippen LogP) is -0.192. The van der Waals surface area contributed by atoms with Crippen molar-refractivity contribution in [1.82, 2.24) is 0 Å². The molecule has 0 aromatic carbocycles. The molecular formula is C44H72O17. The van der Waals surface area contributed by atoms with Crippen molar-refractivity contribution < 1.29 is 84.2 Å². The lowest BCUT2D eigenvalue weighted by molar-refractivity contribution is -0.358. The van der Waals surface area contributed by atoms with Crippen LogP contribution in [0.1, 0.15) is 92.4 Å². The van der Waals surface area contributed by atoms with Crippen molar-refractivity contribution in [2.45, 2.75) is 196 Å². The first-order valence-corrected chi connectivity index (χ1v) is 22.8. The molecule has 0 radical (unpaired) electrons. The summed E-state index contributed by atoms with van der Waals surface area (Å²) in [4.78, 5) is 0. The highest BCUT2D eigenvalue weighted by Gasteiger charge is 2.68. The van der Waals surface area contributed by atoms with Gasteiger partial charge in [-0.15, -0.1) is 0 Å². The number of hydrogen-bond acceptors (Lipinski definition) is 17. The van der Waals surface area contributed by atoms with E-state index in [4.69, 9.17) is 33.2 Å². The summed E-state index contributed by atoms with van der Waals surface area (Å²) in [6.45, 7) is 9.95. The summed E-state index contributed by atoms with van der Waals surface area (Å²) < 4.78 is 41.9. The molecule has 0 amide bonds. The van der Waals surface area contributed by atoms with Crippen LogP contribution in [-0.4, -0.2) is 175 Å². The fourth-order valence-electron chi connectivity index (χ4n) is 13.2. The van der Waals surface area contributed by atoms with Gasteiger partial charge in [0, 0.05) is 12.3 Å². The molecule has 25 unspecified atom stereocenters. The number of aliphatic hydroxyl groups excluding tert-OH is 9. The highest BCUT2D eigenvalue weighted by Crippen LogP contribution is 2.70. The van der Waals surface area contributed by atoms with Crippen LogP contribution in [0.4, 0.5) is 0 Å². The third-order valence-electron chi connectivity index (χ3n) is 17.0. The summed E-state index contributed by atoms with van der Waals surface area (Å²) in [5.74, 6) is 0.215. The Bertz CT molecular complexity index is 1550. The van der Waals surface area contributed by atoms with Gasteiger partial charge in [0.05, 0.1) is 38.1 Å². The molecule has 8 aliphatic rings. The van der Waals surface area contributed by atoms with Crippen LogP contribution >= 0.6 is 0 Å². The summed E-state index contributed by atoms with van der Waals surface area (Å²) in [5, 5.41) is 105. The Morgan fingerprint density at radius 3 is 2.28 bits per heavy atom. The average Bonchev–Trinajstić information content (AvgIpc) is 3.67. The molecule has 4 aliphatic carbocycles. The van der Waals surface area contributed by atoms with E-state index in [0.717, 1.165) is 38.5 Å². The van der Waals surface area contributed by atoms with Crippen molar-refractivity contribution in [2.75, 3.05) is 19.8 Å². The fraction of sp³-hybridized carbons (Fsp3) is 0.955. The van der Waals surface area contributed by atoms with Gasteiger partial charge >= 0.3 is 0 Å². The first-order valence-electron chi connectivity index (χ1n) is 22.8. The van der Waals surface area contributed by atoms with Gasteiger partial charge in [-0.05, 0) is 98.7 Å². The van der Waals surface area contributed by atoms with Gasteiger partial charge in [0.15, 0.2) is 24.7 Å². The molecule has 4 heterocycles. The van der Waals surface area contributed by atoms with E-state index in [9.17, 15) is 51.1 Å². The van der Waals surface area contributed by atoms with Crippen LogP contribution in [0.15, 0.2) is 11.6 Å². The van der Waals surface area contributed by atoms with Crippen LogP contribution in [0.3, 0.4) is 0 Å². The Balaban J connectivity index is 0.870. The van der Waals surface area contributed by atoms with Gasteiger partial charge in [0.1, 0.15) is 61.0 Å². The molecule has 4 saturated heterocycles. The topological polar surface area (TPSA) is 267 Å². The van der Waals surface area contributed by atoms with Crippen molar-refractivity contribution in [2.24, 2.45) is 46.3 Å². The summed E-state index contributed by atoms with van der Waals surface area (Å²) in [7, 11) is 0. The molecule has 4 aliphatic heterocycles. The summed E-state index contributed by atoms with van der Waals surface area (Å²) in [5.41, 5.74) is 1.35. The minimum absolute atomic E-state index is 0.00979. The predicted molar refractivity (Wildman–Crippen MR) is 212 cm³/mol. The lowest BCUT2D eigenvalue weighted by atomic mass is 9.47. The molecule has 350 valence electrons. The van der Waals surface area contributed by atoms with Crippen LogP contribution in [0.5, 0.6) is 0 Å². The Hall–Kier alpha value is -0.940. The van der Waals surface area contributed by atoms with Gasteiger partial charge in [-0.2, -0.15) is 0 Å². The molecule has 25 atom stereocenters. The van der Waals surface area contributed by atoms with E-state index in [-0.39, 0.29) is 54.0 Å². The second-order valence-electron chi connectivity index (χ2n) is 20.6. The van der Waals surface area contributed by atoms with Crippen LogP contribution in [0.25, 0.3) is 0 Å². The van der Waals surface area contributed by atoms with E-state index >= 15 is 0 Å². The van der Waals surface area contributed by atoms with Crippen LogP contribution < -0.4 is 0 Å². The number of rotatable bonds is 11. The molecule has 7 fully saturated rings. The van der Waals surface area contributed by atoms with Gasteiger partial charge in [0.2, 0.25) is 0 Å². The number of hydrogen-bond donors (Lipinski definition) is 10. The summed E-state index contributed by atoms with van der Waals surface area (Å²) in [6.07, 6.45) is -8.84. The van der Waals surface area contributed by atoms with Gasteiger partial charge < -0.3 is 84.2 Å². The van der Waals surface area contributed by atoms with Crippen LogP contribution in [-0.2, 0) is 33.2 Å². The highest BCUT2D eigenvalue weighted by molar-refractivity contribution is 5.26. The number of ether oxygens (including phenoxy) is 7. The molecule has 17 heteroatoms. The maximum Gasteiger partial charge on any atom is 0.187 e. The van der Waals surface area contributed by atoms with Crippen molar-refractivity contribution >= 4 is 0 Å². The molecule has 61 heavy (non-hydrogen) atoms. The van der Waals surface area contributed by atoms with Crippen molar-refractivity contribution in [3.05, 3.63) is 11.6 Å². The molecule has 0 bridgehead atoms. The van der Waals surface area contributed by atoms with Crippen molar-refractivity contribution in [3.63, 3.8) is 0 Å². The standard InChI is InChI=1S/C44H72O17/c1-19(17-55-39-36(52)35(51)33(49)29(16-45)59-39)8-13-44(54)20(2)30-28(61-44)15-26-24-7-6-22-14-23(9-11-42(22,4)25(24)10-12-43(26,30)5)58-41-38(32(48)27(46)18-56-41)60-40-37(53)34(50)31(47)21(3)57-40/h6,19-21,23-41,45-54H,7-18H2,1-5H3. The number of fused-ring (bicyclic) bond motifs is 7. The smallest absolute Gasteiger partial charge is 0.187 e. The Kier molecular flexibility index (Phi) is 13.5. The van der Waals surface area contributed by atoms with E-state index in [1.807, 2.05) is 6.92 Å². The first-order chi connectivity index (χ1) is 28.8. The maximum absolute atomic E-state index is 12.0. The molecule has 0 aromatic rings. The lowest BCUT2D eigenvalue weighted by Crippen LogP contribution is -2.62. The monoisotopic (exact) mass is 872 g/mol. The average molecular weight is 873 g/mol. The minimum atomic E-state index is -1.59. The quantitative estimate of drug-likeness (QED) is 0.121. The van der Waals surface area contributed by atoms with Crippen LogP contribution in [0, 0.1) is 46.3 Å². The van der Waals surface area contributed by atoms with Gasteiger partial charge in [-0.25, -0.2) is 0 Å². The molecule has 3 saturated carbocycles. The van der Waals surface area contributed by atoms with E-state index in [2.05, 4.69) is 26.8 Å². The number of aliphatic hydroxyl groups is 10. The zero-order valence-electron chi connectivity index (χ0n) is 36.1. The highest BCUT2D eigenvalue weighted by atomic mass is 16.8. The largest absolute Gasteiger partial charge is 0.394 e. The number of allylic oxidation sites excluding steroid dienone is 1. The first kappa shape index (κ1) is 46.6. The molecular weight excluding hydrogens is 800 g/mol. The SMILES string of the molecule is CC(CCC1(O)OC2CC3C4CC=C5CC(OC6OCC(O)C(O)C6OC6OC(C)C(O)C(O)C6O)CCC5(C)C4CCC3(C)C2C1C)COC1OC(CO)C(O)C(O)C1O. The summed E-state index contributed by atoms with van der Waals surface area (Å²) >= 11 is 0. The van der Waals surface area contributed by atoms with E-state index in [0.29, 0.717) is 37.0 Å². The Labute approximate surface area is 357 Å². The molecule has 0 spiro atoms. The fourth-order valence-corrected chi connectivity index (χ4v) is 13.2. The third kappa shape index (κ3) is 8.21. The summed E-state index contributed by atoms with van der Waals surface area (Å²) in [6, 6.07) is 0. The molecule has 8 rings (SSSR count). The molecule has 0 aromatic heterocycles. The van der Waals surface area contributed by atoms with Crippen molar-refractivity contribution in [3.8, 4) is 0 Å². The van der Waals surface area contributed by atoms with Gasteiger partial charge in [-0.1, -0.05) is 39.3 Å². The van der Waals surface area contributed by atoms with Gasteiger partial charge in [0.25, 0.3) is 0 Å². The minimum Gasteiger partial charge on any atom is -0.394 e. The van der Waals surface area contributed by atoms with E-state index in [1.165, 1.54) is 12.5 Å². The Morgan fingerprint density at radius 1 is 0.820 bits per heavy atom. The maximum atomic E-state index is 12.0. The van der Waals surface area contributed by atoms with Crippen molar-refractivity contribution in [1.29, 1.82) is 0 Å². The normalized spacial score (nSPS) is 55.2. The zero-order valence-corrected chi connectivity index (χ0v) is 36.1. The molecule has 10 N–H and O–H groups in total. The Morgan fingerprint density at radius 2 is 1.54 bits per heavy atom. The van der Waals surface area contributed by atoms with Gasteiger partial charge in [-0.3, -0.25) is 0 Å². The zero-order chi connectivity index (χ0) is 43.9. The second-order valence-corrected chi connectivity index (χ2v) is 20.6. The third-order valence-corrected chi connectivity index (χ3v) is 17.0.